The van der Waals surface area contributed by atoms with Crippen molar-refractivity contribution < 1.29 is 26.7 Å². The smallest absolute Gasteiger partial charge is 0.306 e. The summed E-state index contributed by atoms with van der Waals surface area (Å²) in [6.07, 6.45) is 3.75. The zero-order valence-electron chi connectivity index (χ0n) is 8.92. The van der Waals surface area contributed by atoms with Gasteiger partial charge in [-0.05, 0) is 12.8 Å². The highest BCUT2D eigenvalue weighted by Gasteiger charge is 2.02. The lowest BCUT2D eigenvalue weighted by Gasteiger charge is -2.01. The third kappa shape index (κ3) is 10.9. The van der Waals surface area contributed by atoms with Crippen molar-refractivity contribution in [1.29, 1.82) is 0 Å². The molecule has 0 aromatic rings. The molecule has 1 amide bonds. The number of ether oxygens (including phenoxy) is 1. The van der Waals surface area contributed by atoms with Gasteiger partial charge in [0.2, 0.25) is 5.91 Å². The van der Waals surface area contributed by atoms with Gasteiger partial charge in [-0.1, -0.05) is 12.7 Å². The van der Waals surface area contributed by atoms with Gasteiger partial charge >= 0.3 is 5.97 Å². The van der Waals surface area contributed by atoms with Crippen LogP contribution in [0.15, 0.2) is 12.7 Å². The Hall–Kier alpha value is -1.03. The molecule has 0 aromatic carbocycles. The lowest BCUT2D eigenvalue weighted by molar-refractivity contribution is -0.142. The fourth-order valence-corrected chi connectivity index (χ4v) is 0.904. The van der Waals surface area contributed by atoms with Crippen molar-refractivity contribution >= 4 is 11.9 Å². The summed E-state index contributed by atoms with van der Waals surface area (Å²) in [7, 11) is 1.60. The summed E-state index contributed by atoms with van der Waals surface area (Å²) in [4.78, 5) is 21.7. The Labute approximate surface area is 96.5 Å². The maximum absolute atomic E-state index is 10.9. The summed E-state index contributed by atoms with van der Waals surface area (Å²) >= 11 is 0. The number of carbonyl (C=O) groups is 2. The van der Waals surface area contributed by atoms with Crippen molar-refractivity contribution in [3.05, 3.63) is 12.7 Å². The van der Waals surface area contributed by atoms with Gasteiger partial charge in [-0.3, -0.25) is 9.59 Å². The Morgan fingerprint density at radius 1 is 1.33 bits per heavy atom. The van der Waals surface area contributed by atoms with Crippen molar-refractivity contribution in [3.63, 3.8) is 0 Å². The molecular weight excluding hydrogens is 218 g/mol. The van der Waals surface area contributed by atoms with Crippen LogP contribution in [0.4, 0.5) is 0 Å². The first-order valence-corrected chi connectivity index (χ1v) is 4.67. The largest absolute Gasteiger partial charge is 1.00 e. The second kappa shape index (κ2) is 11.0. The van der Waals surface area contributed by atoms with E-state index in [9.17, 15) is 9.59 Å². The molecule has 88 valence electrons. The Morgan fingerprint density at radius 3 is 2.47 bits per heavy atom. The number of carbonyl (C=O) groups excluding carboxylic acids is 2. The molecule has 0 aromatic heterocycles. The SMILES string of the molecule is C=CCOC(=O)CCCCC(=O)NC.[Cl-]. The number of amides is 1. The van der Waals surface area contributed by atoms with Crippen LogP contribution >= 0.6 is 0 Å². The molecule has 0 radical (unpaired) electrons. The Bertz CT molecular complexity index is 207. The average Bonchev–Trinajstić information content (AvgIpc) is 2.21. The van der Waals surface area contributed by atoms with Gasteiger partial charge in [-0.15, -0.1) is 0 Å². The minimum Gasteiger partial charge on any atom is -1.00 e. The second-order valence-electron chi connectivity index (χ2n) is 2.85. The first kappa shape index (κ1) is 16.4. The molecule has 0 bridgehead atoms. The van der Waals surface area contributed by atoms with E-state index in [0.717, 1.165) is 0 Å². The van der Waals surface area contributed by atoms with Gasteiger partial charge in [0.1, 0.15) is 6.61 Å². The normalized spacial score (nSPS) is 8.60. The van der Waals surface area contributed by atoms with E-state index in [1.807, 2.05) is 0 Å². The van der Waals surface area contributed by atoms with Gasteiger partial charge in [0.15, 0.2) is 0 Å². The Kier molecular flexibility index (Phi) is 12.1. The van der Waals surface area contributed by atoms with Crippen LogP contribution in [-0.2, 0) is 14.3 Å². The molecule has 0 saturated heterocycles. The summed E-state index contributed by atoms with van der Waals surface area (Å²) in [6.45, 7) is 3.69. The topological polar surface area (TPSA) is 55.4 Å². The van der Waals surface area contributed by atoms with Gasteiger partial charge in [-0.2, -0.15) is 0 Å². The molecule has 0 aliphatic carbocycles. The van der Waals surface area contributed by atoms with E-state index in [-0.39, 0.29) is 30.9 Å². The van der Waals surface area contributed by atoms with E-state index in [1.54, 1.807) is 7.05 Å². The molecule has 0 saturated carbocycles. The Balaban J connectivity index is 0. The molecule has 5 heteroatoms. The van der Waals surface area contributed by atoms with Crippen molar-refractivity contribution in [1.82, 2.24) is 5.32 Å². The average molecular weight is 235 g/mol. The van der Waals surface area contributed by atoms with Gasteiger partial charge < -0.3 is 22.5 Å². The van der Waals surface area contributed by atoms with E-state index >= 15 is 0 Å². The van der Waals surface area contributed by atoms with E-state index in [4.69, 9.17) is 4.74 Å². The third-order valence-corrected chi connectivity index (χ3v) is 1.68. The van der Waals surface area contributed by atoms with E-state index < -0.39 is 0 Å². The standard InChI is InChI=1S/C10H17NO3.ClH/c1-3-8-14-10(13)7-5-4-6-9(12)11-2;/h3H,1,4-8H2,2H3,(H,11,12);1H/p-1. The number of unbranched alkanes of at least 4 members (excludes halogenated alkanes) is 1. The highest BCUT2D eigenvalue weighted by molar-refractivity contribution is 5.75. The van der Waals surface area contributed by atoms with Crippen LogP contribution < -0.4 is 17.7 Å². The lowest BCUT2D eigenvalue weighted by atomic mass is 10.2. The van der Waals surface area contributed by atoms with Gasteiger partial charge in [0.05, 0.1) is 0 Å². The Morgan fingerprint density at radius 2 is 1.93 bits per heavy atom. The zero-order valence-corrected chi connectivity index (χ0v) is 9.68. The highest BCUT2D eigenvalue weighted by Crippen LogP contribution is 2.01. The summed E-state index contributed by atoms with van der Waals surface area (Å²) in [6, 6.07) is 0. The van der Waals surface area contributed by atoms with Gasteiger partial charge in [-0.25, -0.2) is 0 Å². The number of halogens is 1. The summed E-state index contributed by atoms with van der Waals surface area (Å²) in [5.74, 6) is -0.230. The molecule has 0 fully saturated rings. The first-order valence-electron chi connectivity index (χ1n) is 4.67. The minimum atomic E-state index is -0.234. The van der Waals surface area contributed by atoms with Crippen LogP contribution in [0.1, 0.15) is 25.7 Å². The monoisotopic (exact) mass is 234 g/mol. The molecule has 0 aliphatic rings. The highest BCUT2D eigenvalue weighted by atomic mass is 35.5. The lowest BCUT2D eigenvalue weighted by Crippen LogP contribution is -3.00. The molecule has 4 nitrogen and oxygen atoms in total. The van der Waals surface area contributed by atoms with Crippen molar-refractivity contribution in [3.8, 4) is 0 Å². The van der Waals surface area contributed by atoms with Gasteiger partial charge in [0, 0.05) is 19.9 Å². The van der Waals surface area contributed by atoms with E-state index in [1.165, 1.54) is 6.08 Å². The molecule has 0 heterocycles. The number of nitrogens with one attached hydrogen (secondary N) is 1. The minimum absolute atomic E-state index is 0. The number of rotatable bonds is 7. The molecule has 0 atom stereocenters. The summed E-state index contributed by atoms with van der Waals surface area (Å²) in [5, 5.41) is 2.52. The van der Waals surface area contributed by atoms with Crippen LogP contribution in [-0.4, -0.2) is 25.5 Å². The number of hydrogen-bond acceptors (Lipinski definition) is 3. The van der Waals surface area contributed by atoms with Crippen molar-refractivity contribution in [2.45, 2.75) is 25.7 Å². The van der Waals surface area contributed by atoms with Crippen LogP contribution in [0.2, 0.25) is 0 Å². The zero-order chi connectivity index (χ0) is 10.8. The van der Waals surface area contributed by atoms with Crippen LogP contribution in [0.3, 0.4) is 0 Å². The van der Waals surface area contributed by atoms with Crippen molar-refractivity contribution in [2.24, 2.45) is 0 Å². The molecule has 15 heavy (non-hydrogen) atoms. The molecule has 1 N–H and O–H groups in total. The number of esters is 1. The van der Waals surface area contributed by atoms with Crippen LogP contribution in [0.25, 0.3) is 0 Å². The molecular formula is C10H17ClNO3-. The van der Waals surface area contributed by atoms with E-state index in [0.29, 0.717) is 25.7 Å². The molecule has 0 spiro atoms. The van der Waals surface area contributed by atoms with Crippen molar-refractivity contribution in [2.75, 3.05) is 13.7 Å². The maximum atomic E-state index is 10.9. The third-order valence-electron chi connectivity index (χ3n) is 1.68. The fraction of sp³-hybridized carbons (Fsp3) is 0.600. The molecule has 0 aliphatic heterocycles. The first-order chi connectivity index (χ1) is 6.70. The second-order valence-corrected chi connectivity index (χ2v) is 2.85. The summed E-state index contributed by atoms with van der Waals surface area (Å²) < 4.78 is 4.77. The van der Waals surface area contributed by atoms with Crippen LogP contribution in [0.5, 0.6) is 0 Å². The van der Waals surface area contributed by atoms with E-state index in [2.05, 4.69) is 11.9 Å². The van der Waals surface area contributed by atoms with Gasteiger partial charge in [0.25, 0.3) is 0 Å². The molecule has 0 rings (SSSR count). The fourth-order valence-electron chi connectivity index (χ4n) is 0.904. The maximum Gasteiger partial charge on any atom is 0.306 e. The van der Waals surface area contributed by atoms with Crippen LogP contribution in [0, 0.1) is 0 Å². The predicted molar refractivity (Wildman–Crippen MR) is 53.7 cm³/mol. The molecule has 0 unspecified atom stereocenters. The predicted octanol–water partition coefficient (Wildman–Crippen LogP) is -1.97. The quantitative estimate of drug-likeness (QED) is 0.316. The number of hydrogen-bond donors (Lipinski definition) is 1. The summed E-state index contributed by atoms with van der Waals surface area (Å²) in [5.41, 5.74) is 0.